The number of benzene rings is 1. The molecule has 5 rings (SSSR count). The Morgan fingerprint density at radius 3 is 2.80 bits per heavy atom. The van der Waals surface area contributed by atoms with Gasteiger partial charge in [-0.1, -0.05) is 19.1 Å². The van der Waals surface area contributed by atoms with Gasteiger partial charge in [-0.3, -0.25) is 9.20 Å². The van der Waals surface area contributed by atoms with Crippen molar-refractivity contribution in [2.75, 3.05) is 0 Å². The molecule has 0 spiro atoms. The van der Waals surface area contributed by atoms with Gasteiger partial charge in [-0.25, -0.2) is 4.98 Å². The van der Waals surface area contributed by atoms with Crippen LogP contribution in [0, 0.1) is 12.8 Å². The van der Waals surface area contributed by atoms with E-state index in [9.17, 15) is 4.79 Å². The smallest absolute Gasteiger partial charge is 0.258 e. The van der Waals surface area contributed by atoms with Gasteiger partial charge in [0.25, 0.3) is 5.78 Å². The second-order valence-electron chi connectivity index (χ2n) is 8.54. The number of nitrogens with zero attached hydrogens (tertiary/aromatic N) is 6. The lowest BCUT2D eigenvalue weighted by Gasteiger charge is -2.26. The van der Waals surface area contributed by atoms with Crippen molar-refractivity contribution >= 4 is 28.2 Å². The van der Waals surface area contributed by atoms with Gasteiger partial charge in [0.15, 0.2) is 5.65 Å². The Morgan fingerprint density at radius 1 is 1.17 bits per heavy atom. The number of aryl methyl sites for hydroxylation is 2. The van der Waals surface area contributed by atoms with E-state index in [1.807, 2.05) is 29.5 Å². The van der Waals surface area contributed by atoms with Crippen molar-refractivity contribution in [1.82, 2.24) is 34.5 Å². The highest BCUT2D eigenvalue weighted by Gasteiger charge is 2.20. The molecule has 1 aliphatic rings. The molecule has 4 aromatic rings. The van der Waals surface area contributed by atoms with Crippen LogP contribution >= 0.6 is 0 Å². The van der Waals surface area contributed by atoms with E-state index >= 15 is 0 Å². The first kappa shape index (κ1) is 19.0. The highest BCUT2D eigenvalue weighted by molar-refractivity contribution is 5.93. The van der Waals surface area contributed by atoms with Crippen molar-refractivity contribution in [1.29, 1.82) is 0 Å². The molecule has 8 heteroatoms. The molecule has 0 radical (unpaired) electrons. The number of amides is 1. The first-order valence-corrected chi connectivity index (χ1v) is 10.9. The average Bonchev–Trinajstić information content (AvgIpc) is 3.33. The summed E-state index contributed by atoms with van der Waals surface area (Å²) in [5, 5.41) is 17.5. The third-order valence-corrected chi connectivity index (χ3v) is 6.19. The molecule has 156 valence electrons. The number of carbonyl (C=O) groups is 1. The summed E-state index contributed by atoms with van der Waals surface area (Å²) in [5.74, 6) is 3.12. The Labute approximate surface area is 174 Å². The topological polar surface area (TPSA) is 89.5 Å². The molecule has 0 saturated heterocycles. The van der Waals surface area contributed by atoms with Crippen LogP contribution in [0.15, 0.2) is 24.3 Å². The number of aromatic nitrogens is 6. The first-order valence-electron chi connectivity index (χ1n) is 10.9. The summed E-state index contributed by atoms with van der Waals surface area (Å²) in [6.45, 7) is 4.17. The molecule has 1 aliphatic carbocycles. The van der Waals surface area contributed by atoms with Gasteiger partial charge in [-0.05, 0) is 57.1 Å². The minimum absolute atomic E-state index is 0.141. The van der Waals surface area contributed by atoms with Crippen LogP contribution in [0.25, 0.3) is 22.3 Å². The highest BCUT2D eigenvalue weighted by atomic mass is 16.1. The van der Waals surface area contributed by atoms with Gasteiger partial charge >= 0.3 is 0 Å². The molecular formula is C22H27N7O. The Balaban J connectivity index is 1.35. The zero-order chi connectivity index (χ0) is 20.7. The van der Waals surface area contributed by atoms with Crippen molar-refractivity contribution in [3.05, 3.63) is 35.9 Å². The third kappa shape index (κ3) is 3.40. The molecule has 3 aromatic heterocycles. The SMILES string of the molecule is Cc1nc2c3ccccc3n3c(CCCC(=O)NC4CCC(C)CC4)nnc3n2n1. The summed E-state index contributed by atoms with van der Waals surface area (Å²) >= 11 is 0. The highest BCUT2D eigenvalue weighted by Crippen LogP contribution is 2.24. The maximum Gasteiger partial charge on any atom is 0.258 e. The number of carbonyl (C=O) groups excluding carboxylic acids is 1. The molecule has 0 bridgehead atoms. The number of para-hydroxylation sites is 1. The molecule has 0 atom stereocenters. The summed E-state index contributed by atoms with van der Waals surface area (Å²) in [7, 11) is 0. The molecular weight excluding hydrogens is 378 g/mol. The number of hydrogen-bond donors (Lipinski definition) is 1. The van der Waals surface area contributed by atoms with Crippen molar-refractivity contribution < 1.29 is 4.79 Å². The Morgan fingerprint density at radius 2 is 1.97 bits per heavy atom. The lowest BCUT2D eigenvalue weighted by Crippen LogP contribution is -2.37. The largest absolute Gasteiger partial charge is 0.353 e. The lowest BCUT2D eigenvalue weighted by molar-refractivity contribution is -0.122. The van der Waals surface area contributed by atoms with Gasteiger partial charge in [-0.15, -0.1) is 15.3 Å². The number of hydrogen-bond acceptors (Lipinski definition) is 5. The maximum absolute atomic E-state index is 12.4. The number of fused-ring (bicyclic) bond motifs is 6. The van der Waals surface area contributed by atoms with Crippen LogP contribution in [0.3, 0.4) is 0 Å². The van der Waals surface area contributed by atoms with E-state index < -0.39 is 0 Å². The summed E-state index contributed by atoms with van der Waals surface area (Å²) < 4.78 is 3.79. The predicted molar refractivity (Wildman–Crippen MR) is 114 cm³/mol. The van der Waals surface area contributed by atoms with Gasteiger partial charge < -0.3 is 5.32 Å². The minimum Gasteiger partial charge on any atom is -0.353 e. The van der Waals surface area contributed by atoms with Crippen LogP contribution in [0.1, 0.15) is 57.1 Å². The summed E-state index contributed by atoms with van der Waals surface area (Å²) in [6, 6.07) is 8.44. The van der Waals surface area contributed by atoms with E-state index in [1.54, 1.807) is 4.52 Å². The normalized spacial score (nSPS) is 19.7. The fourth-order valence-electron chi connectivity index (χ4n) is 4.55. The summed E-state index contributed by atoms with van der Waals surface area (Å²) in [4.78, 5) is 17.0. The standard InChI is InChI=1S/C22H27N7O/c1-14-10-12-16(13-11-14)24-20(30)9-5-8-19-25-26-22-28(19)18-7-4-3-6-17(18)21-23-15(2)27-29(21)22/h3-4,6-7,14,16H,5,8-13H2,1-2H3,(H,24,30). The van der Waals surface area contributed by atoms with E-state index in [0.29, 0.717) is 30.5 Å². The molecule has 8 nitrogen and oxygen atoms in total. The van der Waals surface area contributed by atoms with Crippen molar-refractivity contribution in [2.24, 2.45) is 5.92 Å². The third-order valence-electron chi connectivity index (χ3n) is 6.19. The fourth-order valence-corrected chi connectivity index (χ4v) is 4.55. The van der Waals surface area contributed by atoms with Crippen LogP contribution in [0.2, 0.25) is 0 Å². The Bertz CT molecular complexity index is 1220. The fraction of sp³-hybridized carbons (Fsp3) is 0.500. The van der Waals surface area contributed by atoms with Gasteiger partial charge in [0.1, 0.15) is 11.6 Å². The zero-order valence-corrected chi connectivity index (χ0v) is 17.5. The molecule has 1 amide bonds. The van der Waals surface area contributed by atoms with Gasteiger partial charge in [0, 0.05) is 24.3 Å². The monoisotopic (exact) mass is 405 g/mol. The lowest BCUT2D eigenvalue weighted by atomic mass is 9.87. The minimum atomic E-state index is 0.141. The van der Waals surface area contributed by atoms with E-state index in [-0.39, 0.29) is 5.91 Å². The van der Waals surface area contributed by atoms with Crippen LogP contribution in [0.4, 0.5) is 0 Å². The van der Waals surface area contributed by atoms with Crippen molar-refractivity contribution in [3.63, 3.8) is 0 Å². The summed E-state index contributed by atoms with van der Waals surface area (Å²) in [6.07, 6.45) is 6.53. The van der Waals surface area contributed by atoms with Gasteiger partial charge in [0.2, 0.25) is 5.91 Å². The van der Waals surface area contributed by atoms with Gasteiger partial charge in [0.05, 0.1) is 5.52 Å². The molecule has 0 aliphatic heterocycles. The van der Waals surface area contributed by atoms with Crippen molar-refractivity contribution in [2.45, 2.75) is 64.8 Å². The molecule has 30 heavy (non-hydrogen) atoms. The van der Waals surface area contributed by atoms with E-state index in [0.717, 1.165) is 47.6 Å². The second kappa shape index (κ2) is 7.66. The van der Waals surface area contributed by atoms with Crippen LogP contribution in [-0.2, 0) is 11.2 Å². The molecule has 1 saturated carbocycles. The summed E-state index contributed by atoms with van der Waals surface area (Å²) in [5.41, 5.74) is 1.80. The Kier molecular flexibility index (Phi) is 4.84. The maximum atomic E-state index is 12.4. The van der Waals surface area contributed by atoms with Gasteiger partial charge in [-0.2, -0.15) is 4.52 Å². The van der Waals surface area contributed by atoms with Crippen LogP contribution < -0.4 is 5.32 Å². The zero-order valence-electron chi connectivity index (χ0n) is 17.5. The Hall–Kier alpha value is -3.03. The number of nitrogens with one attached hydrogen (secondary N) is 1. The average molecular weight is 406 g/mol. The van der Waals surface area contributed by atoms with Crippen molar-refractivity contribution in [3.8, 4) is 0 Å². The predicted octanol–water partition coefficient (Wildman–Crippen LogP) is 3.25. The first-order chi connectivity index (χ1) is 14.6. The van der Waals surface area contributed by atoms with Crippen LogP contribution in [-0.4, -0.2) is 41.1 Å². The molecule has 3 heterocycles. The van der Waals surface area contributed by atoms with E-state index in [1.165, 1.54) is 12.8 Å². The quantitative estimate of drug-likeness (QED) is 0.550. The molecule has 1 N–H and O–H groups in total. The molecule has 0 unspecified atom stereocenters. The second-order valence-corrected chi connectivity index (χ2v) is 8.54. The van der Waals surface area contributed by atoms with Crippen LogP contribution in [0.5, 0.6) is 0 Å². The molecule has 1 aromatic carbocycles. The molecule has 1 fully saturated rings. The number of rotatable bonds is 5. The van der Waals surface area contributed by atoms with E-state index in [4.69, 9.17) is 0 Å². The van der Waals surface area contributed by atoms with E-state index in [2.05, 4.69) is 38.6 Å².